The lowest BCUT2D eigenvalue weighted by Crippen LogP contribution is -2.37. The average molecular weight is 249 g/mol. The number of nitrogens with zero attached hydrogens (tertiary/aromatic N) is 3. The maximum Gasteiger partial charge on any atom is 0.278 e. The van der Waals surface area contributed by atoms with E-state index in [1.807, 2.05) is 4.90 Å². The number of hydrogen-bond acceptors (Lipinski definition) is 4. The van der Waals surface area contributed by atoms with Gasteiger partial charge >= 0.3 is 0 Å². The molecule has 1 aromatic rings. The van der Waals surface area contributed by atoms with Gasteiger partial charge in [-0.3, -0.25) is 4.79 Å². The van der Waals surface area contributed by atoms with Crippen molar-refractivity contribution in [1.29, 1.82) is 0 Å². The van der Waals surface area contributed by atoms with E-state index >= 15 is 0 Å². The zero-order chi connectivity index (χ0) is 13.0. The van der Waals surface area contributed by atoms with Gasteiger partial charge in [0.2, 0.25) is 0 Å². The first-order valence-corrected chi connectivity index (χ1v) is 6.47. The number of fused-ring (bicyclic) bond motifs is 2. The third kappa shape index (κ3) is 1.82. The van der Waals surface area contributed by atoms with Crippen LogP contribution in [0.5, 0.6) is 0 Å². The molecule has 0 radical (unpaired) electrons. The van der Waals surface area contributed by atoms with Crippen molar-refractivity contribution >= 4 is 5.91 Å². The van der Waals surface area contributed by atoms with Crippen molar-refractivity contribution in [3.8, 4) is 0 Å². The van der Waals surface area contributed by atoms with E-state index in [9.17, 15) is 4.79 Å². The maximum atomic E-state index is 12.4. The Balaban J connectivity index is 1.86. The van der Waals surface area contributed by atoms with Crippen LogP contribution in [0.15, 0.2) is 10.8 Å². The molecule has 1 aliphatic heterocycles. The highest BCUT2D eigenvalue weighted by Crippen LogP contribution is 2.52. The van der Waals surface area contributed by atoms with Crippen molar-refractivity contribution in [1.82, 2.24) is 15.2 Å². The van der Waals surface area contributed by atoms with Crippen molar-refractivity contribution in [2.24, 2.45) is 10.8 Å². The van der Waals surface area contributed by atoms with Gasteiger partial charge in [-0.05, 0) is 35.2 Å². The van der Waals surface area contributed by atoms with Crippen molar-refractivity contribution in [3.63, 3.8) is 0 Å². The average Bonchev–Trinajstić information content (AvgIpc) is 2.82. The molecule has 0 spiro atoms. The predicted octanol–water partition coefficient (Wildman–Crippen LogP) is 2.11. The molecule has 2 bridgehead atoms. The van der Waals surface area contributed by atoms with Crippen LogP contribution in [0.25, 0.3) is 0 Å². The Morgan fingerprint density at radius 1 is 1.44 bits per heavy atom. The molecular weight excluding hydrogens is 230 g/mol. The Morgan fingerprint density at radius 3 is 2.89 bits per heavy atom. The molecule has 1 saturated carbocycles. The SMILES string of the molecule is CC1(C)CC2CC(C)(CN2C(=O)c2cnon2)C1. The fourth-order valence-electron chi connectivity index (χ4n) is 4.10. The van der Waals surface area contributed by atoms with Crippen LogP contribution in [0.2, 0.25) is 0 Å². The Morgan fingerprint density at radius 2 is 2.22 bits per heavy atom. The van der Waals surface area contributed by atoms with Gasteiger partial charge in [0.1, 0.15) is 6.20 Å². The number of carbonyl (C=O) groups excluding carboxylic acids is 1. The summed E-state index contributed by atoms with van der Waals surface area (Å²) in [5.74, 6) is -0.0392. The summed E-state index contributed by atoms with van der Waals surface area (Å²) in [5, 5.41) is 7.17. The maximum absolute atomic E-state index is 12.4. The molecule has 3 rings (SSSR count). The Hall–Kier alpha value is -1.39. The molecule has 2 fully saturated rings. The molecule has 1 amide bonds. The summed E-state index contributed by atoms with van der Waals surface area (Å²) in [6.07, 6.45) is 4.75. The minimum Gasteiger partial charge on any atom is -0.334 e. The van der Waals surface area contributed by atoms with Crippen LogP contribution in [0.4, 0.5) is 0 Å². The number of likely N-dealkylation sites (tertiary alicyclic amines) is 1. The second-order valence-electron chi connectivity index (χ2n) is 6.94. The van der Waals surface area contributed by atoms with Crippen LogP contribution in [-0.4, -0.2) is 33.7 Å². The largest absolute Gasteiger partial charge is 0.334 e. The lowest BCUT2D eigenvalue weighted by molar-refractivity contribution is 0.0697. The second-order valence-corrected chi connectivity index (χ2v) is 6.94. The van der Waals surface area contributed by atoms with E-state index in [1.54, 1.807) is 0 Å². The Bertz CT molecular complexity index is 469. The Kier molecular flexibility index (Phi) is 2.31. The molecule has 2 unspecified atom stereocenters. The lowest BCUT2D eigenvalue weighted by atomic mass is 9.65. The summed E-state index contributed by atoms with van der Waals surface area (Å²) in [4.78, 5) is 14.3. The molecule has 5 heteroatoms. The van der Waals surface area contributed by atoms with E-state index in [0.29, 0.717) is 17.2 Å². The zero-order valence-electron chi connectivity index (χ0n) is 11.1. The number of rotatable bonds is 1. The Labute approximate surface area is 106 Å². The van der Waals surface area contributed by atoms with Gasteiger partial charge < -0.3 is 4.90 Å². The third-order valence-electron chi connectivity index (χ3n) is 4.26. The van der Waals surface area contributed by atoms with Gasteiger partial charge in [-0.15, -0.1) is 0 Å². The lowest BCUT2D eigenvalue weighted by Gasteiger charge is -2.39. The third-order valence-corrected chi connectivity index (χ3v) is 4.26. The first-order chi connectivity index (χ1) is 8.39. The van der Waals surface area contributed by atoms with Crippen molar-refractivity contribution in [2.75, 3.05) is 6.54 Å². The number of hydrogen-bond donors (Lipinski definition) is 0. The normalized spacial score (nSPS) is 33.7. The summed E-state index contributed by atoms with van der Waals surface area (Å²) in [5.41, 5.74) is 0.887. The minimum atomic E-state index is -0.0392. The summed E-state index contributed by atoms with van der Waals surface area (Å²) >= 11 is 0. The molecule has 1 aliphatic carbocycles. The van der Waals surface area contributed by atoms with E-state index in [2.05, 4.69) is 35.7 Å². The standard InChI is InChI=1S/C13H19N3O2/c1-12(2)4-9-5-13(3,7-12)8-16(9)11(17)10-6-14-18-15-10/h6,9H,4-5,7-8H2,1-3H3. The number of amides is 1. The van der Waals surface area contributed by atoms with Gasteiger partial charge in [0.05, 0.1) is 0 Å². The minimum absolute atomic E-state index is 0.0392. The molecule has 2 heterocycles. The molecule has 5 nitrogen and oxygen atoms in total. The van der Waals surface area contributed by atoms with Gasteiger partial charge in [-0.2, -0.15) is 0 Å². The van der Waals surface area contributed by atoms with E-state index in [1.165, 1.54) is 12.6 Å². The smallest absolute Gasteiger partial charge is 0.278 e. The molecule has 2 aliphatic rings. The van der Waals surface area contributed by atoms with E-state index < -0.39 is 0 Å². The summed E-state index contributed by atoms with van der Waals surface area (Å²) < 4.78 is 4.53. The van der Waals surface area contributed by atoms with E-state index in [-0.39, 0.29) is 11.3 Å². The van der Waals surface area contributed by atoms with Crippen molar-refractivity contribution in [2.45, 2.75) is 46.1 Å². The fourth-order valence-corrected chi connectivity index (χ4v) is 4.10. The summed E-state index contributed by atoms with van der Waals surface area (Å²) in [6.45, 7) is 7.70. The van der Waals surface area contributed by atoms with E-state index in [4.69, 9.17) is 0 Å². The van der Waals surface area contributed by atoms with E-state index in [0.717, 1.165) is 19.4 Å². The van der Waals surface area contributed by atoms with Crippen LogP contribution in [-0.2, 0) is 0 Å². The van der Waals surface area contributed by atoms with Gasteiger partial charge in [0, 0.05) is 12.6 Å². The van der Waals surface area contributed by atoms with Gasteiger partial charge in [0.25, 0.3) is 5.91 Å². The van der Waals surface area contributed by atoms with Gasteiger partial charge in [-0.25, -0.2) is 4.63 Å². The molecule has 98 valence electrons. The second kappa shape index (κ2) is 3.56. The van der Waals surface area contributed by atoms with Crippen LogP contribution in [0, 0.1) is 10.8 Å². The topological polar surface area (TPSA) is 59.2 Å². The highest BCUT2D eigenvalue weighted by atomic mass is 16.6. The van der Waals surface area contributed by atoms with Gasteiger partial charge in [0.15, 0.2) is 5.69 Å². The molecule has 1 saturated heterocycles. The highest BCUT2D eigenvalue weighted by molar-refractivity contribution is 5.92. The molecule has 18 heavy (non-hydrogen) atoms. The molecular formula is C13H19N3O2. The first kappa shape index (κ1) is 11.7. The van der Waals surface area contributed by atoms with Gasteiger partial charge in [-0.1, -0.05) is 25.9 Å². The highest BCUT2D eigenvalue weighted by Gasteiger charge is 2.51. The van der Waals surface area contributed by atoms with Crippen LogP contribution < -0.4 is 0 Å². The monoisotopic (exact) mass is 249 g/mol. The fraction of sp³-hybridized carbons (Fsp3) is 0.769. The summed E-state index contributed by atoms with van der Waals surface area (Å²) in [7, 11) is 0. The number of aromatic nitrogens is 2. The van der Waals surface area contributed by atoms with Crippen LogP contribution >= 0.6 is 0 Å². The molecule has 0 N–H and O–H groups in total. The van der Waals surface area contributed by atoms with Crippen LogP contribution in [0.3, 0.4) is 0 Å². The first-order valence-electron chi connectivity index (χ1n) is 6.47. The predicted molar refractivity (Wildman–Crippen MR) is 64.9 cm³/mol. The molecule has 0 aromatic carbocycles. The van der Waals surface area contributed by atoms with Crippen LogP contribution in [0.1, 0.15) is 50.5 Å². The van der Waals surface area contributed by atoms with Crippen molar-refractivity contribution < 1.29 is 9.42 Å². The molecule has 1 aromatic heterocycles. The quantitative estimate of drug-likeness (QED) is 0.764. The summed E-state index contributed by atoms with van der Waals surface area (Å²) in [6, 6.07) is 0.336. The number of carbonyl (C=O) groups is 1. The van der Waals surface area contributed by atoms with Crippen molar-refractivity contribution in [3.05, 3.63) is 11.9 Å². The molecule has 2 atom stereocenters. The zero-order valence-corrected chi connectivity index (χ0v) is 11.1.